The number of hydrogen-bond donors (Lipinski definition) is 1. The molecule has 0 spiro atoms. The summed E-state index contributed by atoms with van der Waals surface area (Å²) in [7, 11) is 1.74. The van der Waals surface area contributed by atoms with E-state index in [1.807, 2.05) is 18.2 Å². The van der Waals surface area contributed by atoms with Gasteiger partial charge in [0.25, 0.3) is 0 Å². The number of rotatable bonds is 5. The number of halogens is 2. The monoisotopic (exact) mass is 262 g/mol. The van der Waals surface area contributed by atoms with Crippen molar-refractivity contribution in [3.63, 3.8) is 0 Å². The molecule has 1 unspecified atom stereocenters. The maximum atomic E-state index is 13.7. The van der Waals surface area contributed by atoms with Crippen LogP contribution in [0.4, 0.5) is 8.78 Å². The third-order valence-electron chi connectivity index (χ3n) is 3.12. The van der Waals surface area contributed by atoms with Crippen molar-refractivity contribution >= 4 is 0 Å². The Kier molecular flexibility index (Phi) is 4.58. The van der Waals surface area contributed by atoms with Crippen molar-refractivity contribution < 1.29 is 8.78 Å². The first-order valence-electron chi connectivity index (χ1n) is 6.23. The van der Waals surface area contributed by atoms with Gasteiger partial charge in [-0.15, -0.1) is 0 Å². The van der Waals surface area contributed by atoms with Crippen LogP contribution in [0.3, 0.4) is 0 Å². The molecule has 0 bridgehead atoms. The zero-order valence-corrected chi connectivity index (χ0v) is 10.7. The number of pyridine rings is 1. The molecular weight excluding hydrogens is 246 g/mol. The normalized spacial score (nSPS) is 12.4. The highest BCUT2D eigenvalue weighted by Crippen LogP contribution is 2.22. The number of aromatic nitrogens is 1. The minimum Gasteiger partial charge on any atom is -0.313 e. The molecule has 1 aromatic heterocycles. The summed E-state index contributed by atoms with van der Waals surface area (Å²) in [4.78, 5) is 4.22. The van der Waals surface area contributed by atoms with Crippen molar-refractivity contribution in [3.05, 3.63) is 65.5 Å². The second kappa shape index (κ2) is 6.38. The lowest BCUT2D eigenvalue weighted by molar-refractivity contribution is 0.462. The second-order valence-corrected chi connectivity index (χ2v) is 4.34. The van der Waals surface area contributed by atoms with Gasteiger partial charge in [0.15, 0.2) is 11.6 Å². The Balaban J connectivity index is 2.10. The third kappa shape index (κ3) is 3.35. The fraction of sp³-hybridized carbons (Fsp3) is 0.267. The van der Waals surface area contributed by atoms with Crippen molar-refractivity contribution in [1.82, 2.24) is 10.3 Å². The number of nitrogens with one attached hydrogen (secondary N) is 1. The van der Waals surface area contributed by atoms with Gasteiger partial charge in [-0.05, 0) is 38.1 Å². The highest BCUT2D eigenvalue weighted by atomic mass is 19.2. The van der Waals surface area contributed by atoms with Gasteiger partial charge in [-0.3, -0.25) is 4.98 Å². The summed E-state index contributed by atoms with van der Waals surface area (Å²) in [5.41, 5.74) is 1.30. The largest absolute Gasteiger partial charge is 0.313 e. The highest BCUT2D eigenvalue weighted by molar-refractivity contribution is 5.22. The first-order chi connectivity index (χ1) is 9.22. The summed E-state index contributed by atoms with van der Waals surface area (Å²) in [5.74, 6) is -1.58. The summed E-state index contributed by atoms with van der Waals surface area (Å²) in [6.45, 7) is 0. The van der Waals surface area contributed by atoms with E-state index in [9.17, 15) is 8.78 Å². The quantitative estimate of drug-likeness (QED) is 0.894. The second-order valence-electron chi connectivity index (χ2n) is 4.34. The predicted octanol–water partition coefficient (Wildman–Crippen LogP) is 3.25. The van der Waals surface area contributed by atoms with E-state index in [2.05, 4.69) is 10.3 Å². The van der Waals surface area contributed by atoms with Crippen LogP contribution >= 0.6 is 0 Å². The molecule has 0 aliphatic heterocycles. The van der Waals surface area contributed by atoms with Gasteiger partial charge < -0.3 is 5.32 Å². The molecule has 2 aromatic rings. The van der Waals surface area contributed by atoms with Crippen LogP contribution in [-0.4, -0.2) is 12.0 Å². The van der Waals surface area contributed by atoms with Crippen LogP contribution in [0, 0.1) is 11.6 Å². The van der Waals surface area contributed by atoms with E-state index in [0.717, 1.165) is 11.8 Å². The molecule has 0 aliphatic carbocycles. The molecule has 100 valence electrons. The van der Waals surface area contributed by atoms with E-state index in [0.29, 0.717) is 18.4 Å². The van der Waals surface area contributed by atoms with E-state index < -0.39 is 11.6 Å². The van der Waals surface area contributed by atoms with Gasteiger partial charge in [0, 0.05) is 23.5 Å². The molecule has 4 heteroatoms. The molecular formula is C15H16F2N2. The van der Waals surface area contributed by atoms with Crippen LogP contribution < -0.4 is 5.32 Å². The topological polar surface area (TPSA) is 24.9 Å². The molecule has 2 rings (SSSR count). The molecule has 1 N–H and O–H groups in total. The summed E-state index contributed by atoms with van der Waals surface area (Å²) < 4.78 is 27.0. The number of benzene rings is 1. The molecule has 0 aliphatic rings. The molecule has 1 aromatic carbocycles. The van der Waals surface area contributed by atoms with E-state index in [1.165, 1.54) is 6.07 Å². The Bertz CT molecular complexity index is 529. The van der Waals surface area contributed by atoms with Crippen LogP contribution in [0.5, 0.6) is 0 Å². The molecule has 1 heterocycles. The lowest BCUT2D eigenvalue weighted by atomic mass is 10.00. The van der Waals surface area contributed by atoms with Crippen molar-refractivity contribution in [3.8, 4) is 0 Å². The van der Waals surface area contributed by atoms with Crippen LogP contribution in [0.1, 0.15) is 23.7 Å². The van der Waals surface area contributed by atoms with Gasteiger partial charge in [0.1, 0.15) is 0 Å². The minimum absolute atomic E-state index is 0.224. The number of nitrogens with zero attached hydrogens (tertiary/aromatic N) is 1. The highest BCUT2D eigenvalue weighted by Gasteiger charge is 2.16. The van der Waals surface area contributed by atoms with Gasteiger partial charge in [-0.25, -0.2) is 8.78 Å². The summed E-state index contributed by atoms with van der Waals surface area (Å²) in [6.07, 6.45) is 3.10. The van der Waals surface area contributed by atoms with Crippen molar-refractivity contribution in [2.75, 3.05) is 7.05 Å². The molecule has 0 radical (unpaired) electrons. The Morgan fingerprint density at radius 2 is 2.00 bits per heavy atom. The molecule has 0 fully saturated rings. The summed E-state index contributed by atoms with van der Waals surface area (Å²) in [6, 6.07) is 9.73. The van der Waals surface area contributed by atoms with Gasteiger partial charge in [-0.2, -0.15) is 0 Å². The Morgan fingerprint density at radius 1 is 1.16 bits per heavy atom. The average molecular weight is 262 g/mol. The standard InChI is InChI=1S/C15H16F2N2/c1-18-14(9-8-11-5-2-3-10-19-11)12-6-4-7-13(16)15(12)17/h2-7,10,14,18H,8-9H2,1H3. The Morgan fingerprint density at radius 3 is 2.68 bits per heavy atom. The van der Waals surface area contributed by atoms with E-state index in [1.54, 1.807) is 19.3 Å². The predicted molar refractivity (Wildman–Crippen MR) is 70.7 cm³/mol. The number of hydrogen-bond acceptors (Lipinski definition) is 2. The van der Waals surface area contributed by atoms with Crippen LogP contribution in [0.2, 0.25) is 0 Å². The van der Waals surface area contributed by atoms with Gasteiger partial charge in [0.2, 0.25) is 0 Å². The van der Waals surface area contributed by atoms with Crippen molar-refractivity contribution in [2.45, 2.75) is 18.9 Å². The first kappa shape index (κ1) is 13.6. The van der Waals surface area contributed by atoms with E-state index in [-0.39, 0.29) is 6.04 Å². The Hall–Kier alpha value is -1.81. The van der Waals surface area contributed by atoms with Crippen LogP contribution in [0.15, 0.2) is 42.6 Å². The molecule has 0 amide bonds. The number of aryl methyl sites for hydroxylation is 1. The summed E-state index contributed by atoms with van der Waals surface area (Å²) >= 11 is 0. The zero-order chi connectivity index (χ0) is 13.7. The van der Waals surface area contributed by atoms with Crippen molar-refractivity contribution in [2.24, 2.45) is 0 Å². The van der Waals surface area contributed by atoms with E-state index in [4.69, 9.17) is 0 Å². The lowest BCUT2D eigenvalue weighted by Crippen LogP contribution is -2.19. The van der Waals surface area contributed by atoms with Gasteiger partial charge >= 0.3 is 0 Å². The lowest BCUT2D eigenvalue weighted by Gasteiger charge is -2.17. The maximum absolute atomic E-state index is 13.7. The molecule has 1 atom stereocenters. The smallest absolute Gasteiger partial charge is 0.163 e. The maximum Gasteiger partial charge on any atom is 0.163 e. The van der Waals surface area contributed by atoms with Gasteiger partial charge in [-0.1, -0.05) is 18.2 Å². The van der Waals surface area contributed by atoms with Gasteiger partial charge in [0.05, 0.1) is 0 Å². The Labute approximate surface area is 111 Å². The molecule has 19 heavy (non-hydrogen) atoms. The van der Waals surface area contributed by atoms with E-state index >= 15 is 0 Å². The first-order valence-corrected chi connectivity index (χ1v) is 6.23. The van der Waals surface area contributed by atoms with Crippen LogP contribution in [-0.2, 0) is 6.42 Å². The SMILES string of the molecule is CNC(CCc1ccccn1)c1cccc(F)c1F. The van der Waals surface area contributed by atoms with Crippen molar-refractivity contribution in [1.29, 1.82) is 0 Å². The summed E-state index contributed by atoms with van der Waals surface area (Å²) in [5, 5.41) is 3.02. The minimum atomic E-state index is -0.810. The third-order valence-corrected chi connectivity index (χ3v) is 3.12. The zero-order valence-electron chi connectivity index (χ0n) is 10.7. The molecule has 2 nitrogen and oxygen atoms in total. The molecule has 0 saturated heterocycles. The van der Waals surface area contributed by atoms with Crippen LogP contribution in [0.25, 0.3) is 0 Å². The average Bonchev–Trinajstić information content (AvgIpc) is 2.45. The fourth-order valence-electron chi connectivity index (χ4n) is 2.08. The molecule has 0 saturated carbocycles. The fourth-order valence-corrected chi connectivity index (χ4v) is 2.08.